The molecule has 1 aromatic rings. The van der Waals surface area contributed by atoms with E-state index in [1.54, 1.807) is 27.7 Å². The lowest BCUT2D eigenvalue weighted by molar-refractivity contribution is 0.0500. The van der Waals surface area contributed by atoms with Gasteiger partial charge in [0.05, 0.1) is 6.04 Å². The highest BCUT2D eigenvalue weighted by molar-refractivity contribution is 5.90. The van der Waals surface area contributed by atoms with Crippen molar-refractivity contribution in [1.82, 2.24) is 10.5 Å². The van der Waals surface area contributed by atoms with Crippen LogP contribution >= 0.6 is 0 Å². The monoisotopic (exact) mass is 255 g/mol. The maximum absolute atomic E-state index is 11.5. The molecule has 0 saturated heterocycles. The number of ether oxygens (including phenoxy) is 1. The Morgan fingerprint density at radius 1 is 1.50 bits per heavy atom. The Morgan fingerprint density at radius 2 is 2.11 bits per heavy atom. The summed E-state index contributed by atoms with van der Waals surface area (Å²) in [4.78, 5) is 22.3. The molecular formula is C11H17N3O4. The van der Waals surface area contributed by atoms with Crippen LogP contribution in [0.15, 0.2) is 10.6 Å². The topological polar surface area (TPSA) is 107 Å². The molecule has 1 atom stereocenters. The van der Waals surface area contributed by atoms with E-state index in [0.717, 1.165) is 0 Å². The van der Waals surface area contributed by atoms with Crippen LogP contribution in [-0.4, -0.2) is 22.8 Å². The van der Waals surface area contributed by atoms with E-state index in [-0.39, 0.29) is 5.69 Å². The van der Waals surface area contributed by atoms with E-state index in [1.165, 1.54) is 6.07 Å². The first-order valence-corrected chi connectivity index (χ1v) is 5.45. The molecule has 1 aromatic heterocycles. The molecule has 0 aliphatic rings. The third-order valence-corrected chi connectivity index (χ3v) is 1.94. The number of nitrogens with two attached hydrogens (primary N) is 1. The Balaban J connectivity index is 2.62. The highest BCUT2D eigenvalue weighted by Crippen LogP contribution is 2.15. The van der Waals surface area contributed by atoms with Gasteiger partial charge in [-0.3, -0.25) is 4.79 Å². The van der Waals surface area contributed by atoms with Gasteiger partial charge in [0.2, 0.25) is 0 Å². The lowest BCUT2D eigenvalue weighted by Gasteiger charge is -2.21. The second-order valence-corrected chi connectivity index (χ2v) is 4.85. The number of carbonyl (C=O) groups excluding carboxylic acids is 2. The van der Waals surface area contributed by atoms with Crippen molar-refractivity contribution in [3.63, 3.8) is 0 Å². The Morgan fingerprint density at radius 3 is 2.56 bits per heavy atom. The minimum Gasteiger partial charge on any atom is -0.444 e. The molecule has 0 saturated carbocycles. The van der Waals surface area contributed by atoms with Gasteiger partial charge in [-0.1, -0.05) is 5.16 Å². The second kappa shape index (κ2) is 5.07. The minimum absolute atomic E-state index is 0.0165. The Hall–Kier alpha value is -2.05. The number of hydrogen-bond donors (Lipinski definition) is 2. The van der Waals surface area contributed by atoms with Gasteiger partial charge in [0.15, 0.2) is 11.5 Å². The average Bonchev–Trinajstić information content (AvgIpc) is 2.62. The van der Waals surface area contributed by atoms with E-state index in [0.29, 0.717) is 5.76 Å². The summed E-state index contributed by atoms with van der Waals surface area (Å²) in [6.45, 7) is 6.96. The third-order valence-electron chi connectivity index (χ3n) is 1.94. The summed E-state index contributed by atoms with van der Waals surface area (Å²) in [6, 6.07) is 0.908. The van der Waals surface area contributed by atoms with E-state index >= 15 is 0 Å². The first-order valence-electron chi connectivity index (χ1n) is 5.45. The van der Waals surface area contributed by atoms with Gasteiger partial charge >= 0.3 is 6.09 Å². The predicted octanol–water partition coefficient (Wildman–Crippen LogP) is 1.36. The number of carbonyl (C=O) groups is 2. The molecule has 0 fully saturated rings. The van der Waals surface area contributed by atoms with Crippen molar-refractivity contribution >= 4 is 12.0 Å². The number of nitrogens with zero attached hydrogens (tertiary/aromatic N) is 1. The van der Waals surface area contributed by atoms with Crippen LogP contribution in [-0.2, 0) is 4.74 Å². The molecule has 1 rings (SSSR count). The second-order valence-electron chi connectivity index (χ2n) is 4.85. The first kappa shape index (κ1) is 14.0. The molecule has 18 heavy (non-hydrogen) atoms. The van der Waals surface area contributed by atoms with E-state index in [2.05, 4.69) is 10.5 Å². The van der Waals surface area contributed by atoms with Gasteiger partial charge in [-0.25, -0.2) is 4.79 Å². The number of amides is 2. The molecule has 0 aliphatic carbocycles. The van der Waals surface area contributed by atoms with Gasteiger partial charge in [0.25, 0.3) is 5.91 Å². The maximum atomic E-state index is 11.5. The van der Waals surface area contributed by atoms with Gasteiger partial charge < -0.3 is 20.3 Å². The Labute approximate surface area is 105 Å². The Kier molecular flexibility index (Phi) is 3.95. The summed E-state index contributed by atoms with van der Waals surface area (Å²) < 4.78 is 9.98. The van der Waals surface area contributed by atoms with Crippen LogP contribution in [0, 0.1) is 0 Å². The molecule has 7 heteroatoms. The van der Waals surface area contributed by atoms with Crippen molar-refractivity contribution in [2.75, 3.05) is 0 Å². The molecule has 1 heterocycles. The normalized spacial score (nSPS) is 12.9. The smallest absolute Gasteiger partial charge is 0.408 e. The number of aromatic nitrogens is 1. The van der Waals surface area contributed by atoms with Crippen LogP contribution in [0.5, 0.6) is 0 Å². The van der Waals surface area contributed by atoms with Gasteiger partial charge in [-0.15, -0.1) is 0 Å². The zero-order valence-electron chi connectivity index (χ0n) is 10.8. The zero-order valence-corrected chi connectivity index (χ0v) is 10.8. The fourth-order valence-electron chi connectivity index (χ4n) is 1.16. The molecule has 0 bridgehead atoms. The van der Waals surface area contributed by atoms with Crippen LogP contribution < -0.4 is 11.1 Å². The highest BCUT2D eigenvalue weighted by Gasteiger charge is 2.21. The molecule has 3 N–H and O–H groups in total. The number of rotatable bonds is 3. The molecule has 0 spiro atoms. The fourth-order valence-corrected chi connectivity index (χ4v) is 1.16. The van der Waals surface area contributed by atoms with Crippen LogP contribution in [0.4, 0.5) is 4.79 Å². The fraction of sp³-hybridized carbons (Fsp3) is 0.545. The molecular weight excluding hydrogens is 238 g/mol. The summed E-state index contributed by atoms with van der Waals surface area (Å²) >= 11 is 0. The van der Waals surface area contributed by atoms with Crippen LogP contribution in [0.3, 0.4) is 0 Å². The molecule has 2 amide bonds. The zero-order chi connectivity index (χ0) is 13.9. The van der Waals surface area contributed by atoms with Crippen molar-refractivity contribution < 1.29 is 18.8 Å². The third kappa shape index (κ3) is 4.08. The standard InChI is InChI=1S/C11H17N3O4/c1-6(13-10(16)17-11(2,3)4)8-5-7(9(12)15)14-18-8/h5-6H,1-4H3,(H2,12,15)(H,13,16)/t6-/m1/s1. The van der Waals surface area contributed by atoms with Gasteiger partial charge in [0, 0.05) is 6.07 Å². The Bertz CT molecular complexity index is 447. The highest BCUT2D eigenvalue weighted by atomic mass is 16.6. The van der Waals surface area contributed by atoms with Gasteiger partial charge in [0.1, 0.15) is 5.60 Å². The SMILES string of the molecule is C[C@@H](NC(=O)OC(C)(C)C)c1cc(C(N)=O)no1. The molecule has 0 aliphatic heterocycles. The van der Waals surface area contributed by atoms with Gasteiger partial charge in [-0.05, 0) is 27.7 Å². The lowest BCUT2D eigenvalue weighted by Crippen LogP contribution is -2.33. The summed E-state index contributed by atoms with van der Waals surface area (Å²) in [6.07, 6.45) is -0.577. The van der Waals surface area contributed by atoms with Crippen LogP contribution in [0.25, 0.3) is 0 Å². The molecule has 0 radical (unpaired) electrons. The van der Waals surface area contributed by atoms with Gasteiger partial charge in [-0.2, -0.15) is 0 Å². The van der Waals surface area contributed by atoms with Crippen LogP contribution in [0.2, 0.25) is 0 Å². The van der Waals surface area contributed by atoms with Crippen LogP contribution in [0.1, 0.15) is 50.0 Å². The number of hydrogen-bond acceptors (Lipinski definition) is 5. The van der Waals surface area contributed by atoms with Crippen molar-refractivity contribution in [2.24, 2.45) is 5.73 Å². The minimum atomic E-state index is -0.686. The summed E-state index contributed by atoms with van der Waals surface area (Å²) in [5, 5.41) is 6.03. The number of primary amides is 1. The van der Waals surface area contributed by atoms with E-state index in [9.17, 15) is 9.59 Å². The van der Waals surface area contributed by atoms with Crippen molar-refractivity contribution in [2.45, 2.75) is 39.3 Å². The van der Waals surface area contributed by atoms with E-state index in [1.807, 2.05) is 0 Å². The van der Waals surface area contributed by atoms with Crippen molar-refractivity contribution in [3.05, 3.63) is 17.5 Å². The summed E-state index contributed by atoms with van der Waals surface area (Å²) in [7, 11) is 0. The molecule has 100 valence electrons. The number of nitrogens with one attached hydrogen (secondary N) is 1. The number of alkyl carbamates (subject to hydrolysis) is 1. The van der Waals surface area contributed by atoms with E-state index in [4.69, 9.17) is 15.0 Å². The maximum Gasteiger partial charge on any atom is 0.408 e. The van der Waals surface area contributed by atoms with Crippen molar-refractivity contribution in [3.8, 4) is 0 Å². The average molecular weight is 255 g/mol. The van der Waals surface area contributed by atoms with E-state index < -0.39 is 23.6 Å². The summed E-state index contributed by atoms with van der Waals surface area (Å²) in [5.41, 5.74) is 4.48. The van der Waals surface area contributed by atoms with Crippen molar-refractivity contribution in [1.29, 1.82) is 0 Å². The first-order chi connectivity index (χ1) is 8.19. The predicted molar refractivity (Wildman–Crippen MR) is 62.8 cm³/mol. The molecule has 0 unspecified atom stereocenters. The lowest BCUT2D eigenvalue weighted by atomic mass is 10.2. The molecule has 7 nitrogen and oxygen atoms in total. The largest absolute Gasteiger partial charge is 0.444 e. The quantitative estimate of drug-likeness (QED) is 0.847. The summed E-state index contributed by atoms with van der Waals surface area (Å²) in [5.74, 6) is -0.357. The molecule has 0 aromatic carbocycles.